The first-order chi connectivity index (χ1) is 7.79. The van der Waals surface area contributed by atoms with Gasteiger partial charge >= 0.3 is 0 Å². The number of hydrogen-bond donors (Lipinski definition) is 1. The molecule has 1 aliphatic carbocycles. The Bertz CT molecular complexity index is 391. The second kappa shape index (κ2) is 5.09. The molecule has 3 heteroatoms. The van der Waals surface area contributed by atoms with Crippen molar-refractivity contribution in [2.24, 2.45) is 0 Å². The highest BCUT2D eigenvalue weighted by molar-refractivity contribution is 5.23. The van der Waals surface area contributed by atoms with Crippen molar-refractivity contribution >= 4 is 0 Å². The van der Waals surface area contributed by atoms with Crippen molar-refractivity contribution in [2.45, 2.75) is 31.2 Å². The molecule has 1 saturated carbocycles. The maximum absolute atomic E-state index is 13.0. The number of nitrogens with zero attached hydrogens (tertiary/aromatic N) is 1. The van der Waals surface area contributed by atoms with Gasteiger partial charge in [0.05, 0.1) is 6.07 Å². The molecule has 1 aliphatic rings. The first-order valence-electron chi connectivity index (χ1n) is 5.65. The fraction of sp³-hybridized carbons (Fsp3) is 0.462. The molecule has 1 N–H and O–H groups in total. The van der Waals surface area contributed by atoms with Crippen LogP contribution in [0.25, 0.3) is 0 Å². The van der Waals surface area contributed by atoms with Gasteiger partial charge in [0.15, 0.2) is 0 Å². The third-order valence-electron chi connectivity index (χ3n) is 3.13. The maximum Gasteiger partial charge on any atom is 0.123 e. The molecule has 0 aliphatic heterocycles. The highest BCUT2D eigenvalue weighted by Gasteiger charge is 2.29. The summed E-state index contributed by atoms with van der Waals surface area (Å²) in [6.07, 6.45) is 2.66. The van der Waals surface area contributed by atoms with E-state index in [0.29, 0.717) is 18.4 Å². The molecule has 0 atom stereocenters. The molecule has 0 bridgehead atoms. The molecule has 0 aromatic heterocycles. The molecular formula is C13H15FN2. The van der Waals surface area contributed by atoms with E-state index in [9.17, 15) is 4.39 Å². The lowest BCUT2D eigenvalue weighted by Gasteiger charge is -2.36. The van der Waals surface area contributed by atoms with Crippen LogP contribution in [0.15, 0.2) is 24.3 Å². The minimum atomic E-state index is -0.154. The van der Waals surface area contributed by atoms with Crippen LogP contribution in [-0.2, 0) is 0 Å². The van der Waals surface area contributed by atoms with Crippen molar-refractivity contribution in [3.63, 3.8) is 0 Å². The Morgan fingerprint density at radius 3 is 2.94 bits per heavy atom. The lowest BCUT2D eigenvalue weighted by Crippen LogP contribution is -2.40. The first kappa shape index (κ1) is 11.1. The Hall–Kier alpha value is -1.40. The third-order valence-corrected chi connectivity index (χ3v) is 3.13. The summed E-state index contributed by atoms with van der Waals surface area (Å²) >= 11 is 0. The van der Waals surface area contributed by atoms with Crippen LogP contribution >= 0.6 is 0 Å². The van der Waals surface area contributed by atoms with Gasteiger partial charge in [0.25, 0.3) is 0 Å². The summed E-state index contributed by atoms with van der Waals surface area (Å²) in [5, 5.41) is 11.7. The summed E-state index contributed by atoms with van der Waals surface area (Å²) in [5.74, 6) is 0.327. The van der Waals surface area contributed by atoms with E-state index in [2.05, 4.69) is 11.4 Å². The van der Waals surface area contributed by atoms with E-state index >= 15 is 0 Å². The molecule has 0 amide bonds. The minimum Gasteiger partial charge on any atom is -0.313 e. The smallest absolute Gasteiger partial charge is 0.123 e. The SMILES string of the molecule is N#CCCNC1CC(c2cccc(F)c2)C1. The van der Waals surface area contributed by atoms with Crippen LogP contribution < -0.4 is 5.32 Å². The van der Waals surface area contributed by atoms with Crippen LogP contribution in [0.5, 0.6) is 0 Å². The van der Waals surface area contributed by atoms with Gasteiger partial charge in [-0.2, -0.15) is 5.26 Å². The Kier molecular flexibility index (Phi) is 3.53. The molecule has 2 nitrogen and oxygen atoms in total. The topological polar surface area (TPSA) is 35.8 Å². The lowest BCUT2D eigenvalue weighted by atomic mass is 9.76. The molecule has 2 rings (SSSR count). The quantitative estimate of drug-likeness (QED) is 0.788. The number of benzene rings is 1. The van der Waals surface area contributed by atoms with Gasteiger partial charge in [-0.1, -0.05) is 12.1 Å². The van der Waals surface area contributed by atoms with E-state index in [1.165, 1.54) is 6.07 Å². The maximum atomic E-state index is 13.0. The zero-order chi connectivity index (χ0) is 11.4. The van der Waals surface area contributed by atoms with E-state index in [-0.39, 0.29) is 5.82 Å². The number of nitriles is 1. The summed E-state index contributed by atoms with van der Waals surface area (Å²) in [6.45, 7) is 0.761. The Labute approximate surface area is 95.1 Å². The van der Waals surface area contributed by atoms with Crippen LogP contribution in [0, 0.1) is 17.1 Å². The fourth-order valence-electron chi connectivity index (χ4n) is 2.15. The second-order valence-electron chi connectivity index (χ2n) is 4.28. The van der Waals surface area contributed by atoms with Crippen LogP contribution in [0.3, 0.4) is 0 Å². The highest BCUT2D eigenvalue weighted by Crippen LogP contribution is 2.36. The van der Waals surface area contributed by atoms with Gasteiger partial charge < -0.3 is 5.32 Å². The van der Waals surface area contributed by atoms with Gasteiger partial charge in [-0.3, -0.25) is 0 Å². The lowest BCUT2D eigenvalue weighted by molar-refractivity contribution is 0.293. The van der Waals surface area contributed by atoms with Crippen molar-refractivity contribution < 1.29 is 4.39 Å². The van der Waals surface area contributed by atoms with Gasteiger partial charge in [0, 0.05) is 19.0 Å². The highest BCUT2D eigenvalue weighted by atomic mass is 19.1. The van der Waals surface area contributed by atoms with Crippen molar-refractivity contribution in [1.82, 2.24) is 5.32 Å². The van der Waals surface area contributed by atoms with Crippen LogP contribution in [0.2, 0.25) is 0 Å². The number of rotatable bonds is 4. The molecule has 1 fully saturated rings. The van der Waals surface area contributed by atoms with E-state index in [1.807, 2.05) is 6.07 Å². The normalized spacial score (nSPS) is 23.5. The van der Waals surface area contributed by atoms with E-state index in [4.69, 9.17) is 5.26 Å². The largest absolute Gasteiger partial charge is 0.313 e. The number of halogens is 1. The Balaban J connectivity index is 1.78. The Morgan fingerprint density at radius 2 is 2.25 bits per heavy atom. The van der Waals surface area contributed by atoms with Crippen LogP contribution in [-0.4, -0.2) is 12.6 Å². The van der Waals surface area contributed by atoms with Crippen LogP contribution in [0.1, 0.15) is 30.7 Å². The molecule has 1 aromatic rings. The molecule has 0 unspecified atom stereocenters. The summed E-state index contributed by atoms with van der Waals surface area (Å²) in [4.78, 5) is 0. The molecule has 0 saturated heterocycles. The van der Waals surface area contributed by atoms with Gasteiger partial charge in [-0.15, -0.1) is 0 Å². The van der Waals surface area contributed by atoms with Crippen molar-refractivity contribution in [1.29, 1.82) is 5.26 Å². The second-order valence-corrected chi connectivity index (χ2v) is 4.28. The molecule has 0 spiro atoms. The molecule has 0 radical (unpaired) electrons. The third kappa shape index (κ3) is 2.59. The summed E-state index contributed by atoms with van der Waals surface area (Å²) in [6, 6.07) is 9.46. The van der Waals surface area contributed by atoms with Gasteiger partial charge in [-0.25, -0.2) is 4.39 Å². The van der Waals surface area contributed by atoms with E-state index in [0.717, 1.165) is 24.9 Å². The Morgan fingerprint density at radius 1 is 1.44 bits per heavy atom. The van der Waals surface area contributed by atoms with Gasteiger partial charge in [-0.05, 0) is 36.5 Å². The predicted octanol–water partition coefficient (Wildman–Crippen LogP) is 2.57. The number of nitrogens with one attached hydrogen (secondary N) is 1. The average molecular weight is 218 g/mol. The van der Waals surface area contributed by atoms with Gasteiger partial charge in [0.2, 0.25) is 0 Å². The van der Waals surface area contributed by atoms with Crippen LogP contribution in [0.4, 0.5) is 4.39 Å². The molecular weight excluding hydrogens is 203 g/mol. The summed E-state index contributed by atoms with van der Waals surface area (Å²) < 4.78 is 13.0. The van der Waals surface area contributed by atoms with E-state index in [1.54, 1.807) is 12.1 Å². The monoisotopic (exact) mass is 218 g/mol. The standard InChI is InChI=1S/C13H15FN2/c14-12-4-1-3-10(7-12)11-8-13(9-11)16-6-2-5-15/h1,3-4,7,11,13,16H,2,6,8-9H2. The zero-order valence-electron chi connectivity index (χ0n) is 9.12. The number of hydrogen-bond acceptors (Lipinski definition) is 2. The fourth-order valence-corrected chi connectivity index (χ4v) is 2.15. The molecule has 16 heavy (non-hydrogen) atoms. The molecule has 1 aromatic carbocycles. The summed E-state index contributed by atoms with van der Waals surface area (Å²) in [5.41, 5.74) is 1.10. The first-order valence-corrected chi connectivity index (χ1v) is 5.65. The molecule has 84 valence electrons. The van der Waals surface area contributed by atoms with Crippen molar-refractivity contribution in [3.05, 3.63) is 35.6 Å². The predicted molar refractivity (Wildman–Crippen MR) is 60.4 cm³/mol. The van der Waals surface area contributed by atoms with Crippen molar-refractivity contribution in [3.8, 4) is 6.07 Å². The van der Waals surface area contributed by atoms with Crippen molar-refractivity contribution in [2.75, 3.05) is 6.54 Å². The molecule has 0 heterocycles. The summed E-state index contributed by atoms with van der Waals surface area (Å²) in [7, 11) is 0. The zero-order valence-corrected chi connectivity index (χ0v) is 9.12. The van der Waals surface area contributed by atoms with Gasteiger partial charge in [0.1, 0.15) is 5.82 Å². The van der Waals surface area contributed by atoms with E-state index < -0.39 is 0 Å². The minimum absolute atomic E-state index is 0.154. The average Bonchev–Trinajstić information content (AvgIpc) is 2.21.